The van der Waals surface area contributed by atoms with Crippen LogP contribution in [0.3, 0.4) is 0 Å². The zero-order chi connectivity index (χ0) is 70.8. The Morgan fingerprint density at radius 2 is 1.30 bits per heavy atom. The highest BCUT2D eigenvalue weighted by Crippen LogP contribution is 2.49. The Kier molecular flexibility index (Phi) is 21.7. The second-order valence-corrected chi connectivity index (χ2v) is 24.1. The van der Waals surface area contributed by atoms with E-state index in [1.165, 1.54) is 13.1 Å². The second-order valence-electron chi connectivity index (χ2n) is 23.3. The number of halogens is 2. The number of aliphatic carboxylic acids is 1. The number of benzene rings is 5. The fourth-order valence-corrected chi connectivity index (χ4v) is 11.6. The molecule has 11 rings (SSSR count). The predicted octanol–water partition coefficient (Wildman–Crippen LogP) is 0.904. The number of hydrogen-bond acceptors (Lipinski definition) is 23. The lowest BCUT2D eigenvalue weighted by Crippen LogP contribution is -2.60. The number of phenolic OH excluding ortho intramolecular Hbond substituents is 3. The number of likely N-dealkylation sites (N-methyl/N-ethyl adjacent to an activating group) is 1. The van der Waals surface area contributed by atoms with E-state index in [0.29, 0.717) is 0 Å². The number of carbonyl (C=O) groups is 9. The number of rotatable bonds is 13. The molecule has 1 saturated heterocycles. The Bertz CT molecular complexity index is 3970. The van der Waals surface area contributed by atoms with E-state index in [1.807, 2.05) is 0 Å². The molecule has 0 aromatic heterocycles. The lowest BCUT2D eigenvalue weighted by molar-refractivity contribution is -0.277. The molecule has 8 amide bonds. The van der Waals surface area contributed by atoms with Gasteiger partial charge in [0.1, 0.15) is 108 Å². The van der Waals surface area contributed by atoms with Crippen molar-refractivity contribution in [3.8, 4) is 57.1 Å². The molecule has 0 aliphatic carbocycles. The number of primary amides is 1. The number of fused-ring (bicyclic) bond motifs is 15. The van der Waals surface area contributed by atoms with Crippen LogP contribution in [0.1, 0.15) is 84.8 Å². The molecule has 5 aromatic rings. The molecule has 5 aromatic carbocycles. The smallest absolute Gasteiger partial charge is 0.410 e. The van der Waals surface area contributed by atoms with Gasteiger partial charge in [-0.05, 0) is 89.2 Å². The number of nitrogens with one attached hydrogen (secondary N) is 6. The molecule has 516 valence electrons. The van der Waals surface area contributed by atoms with Gasteiger partial charge in [-0.25, -0.2) is 9.59 Å². The van der Waals surface area contributed by atoms with Crippen LogP contribution in [0, 0.1) is 5.92 Å². The number of carboxylic acid groups (broad SMARTS) is 1. The minimum absolute atomic E-state index is 0.0667. The Balaban J connectivity index is 1.30. The second kappa shape index (κ2) is 29.5. The van der Waals surface area contributed by atoms with Gasteiger partial charge < -0.3 is 112 Å². The van der Waals surface area contributed by atoms with Crippen molar-refractivity contribution in [2.75, 3.05) is 20.3 Å². The van der Waals surface area contributed by atoms with Gasteiger partial charge in [0.25, 0.3) is 0 Å². The van der Waals surface area contributed by atoms with Crippen molar-refractivity contribution in [1.82, 2.24) is 36.8 Å². The van der Waals surface area contributed by atoms with E-state index in [9.17, 15) is 79.8 Å². The van der Waals surface area contributed by atoms with Crippen molar-refractivity contribution in [1.29, 1.82) is 0 Å². The predicted molar refractivity (Wildman–Crippen MR) is 333 cm³/mol. The first-order valence-corrected chi connectivity index (χ1v) is 30.3. The van der Waals surface area contributed by atoms with Crippen molar-refractivity contribution in [3.63, 3.8) is 0 Å². The quantitative estimate of drug-likeness (QED) is 0.0728. The monoisotopic (exact) mass is 1390 g/mol. The summed E-state index contributed by atoms with van der Waals surface area (Å²) in [5.74, 6) is -16.9. The molecule has 11 bridgehead atoms. The van der Waals surface area contributed by atoms with E-state index in [-0.39, 0.29) is 41.4 Å². The maximum Gasteiger partial charge on any atom is 0.410 e. The minimum Gasteiger partial charge on any atom is -0.508 e. The average molecular weight is 1390 g/mol. The van der Waals surface area contributed by atoms with Gasteiger partial charge in [-0.3, -0.25) is 38.5 Å². The summed E-state index contributed by atoms with van der Waals surface area (Å²) in [5, 5.41) is 126. The van der Waals surface area contributed by atoms with Crippen molar-refractivity contribution < 1.29 is 118 Å². The Labute approximate surface area is 559 Å². The van der Waals surface area contributed by atoms with Crippen LogP contribution in [0.2, 0.25) is 10.0 Å². The molecular formula is C63H66Cl2N8O24. The van der Waals surface area contributed by atoms with Crippen LogP contribution in [0.4, 0.5) is 4.79 Å². The summed E-state index contributed by atoms with van der Waals surface area (Å²) in [6, 6.07) is -1.81. The largest absolute Gasteiger partial charge is 0.508 e. The van der Waals surface area contributed by atoms with Crippen molar-refractivity contribution in [3.05, 3.63) is 129 Å². The number of nitrogens with two attached hydrogens (primary N) is 1. The number of nitrogens with zero attached hydrogens (tertiary/aromatic N) is 1. The summed E-state index contributed by atoms with van der Waals surface area (Å²) >= 11 is 13.9. The Morgan fingerprint density at radius 3 is 1.89 bits per heavy atom. The highest BCUT2D eigenvalue weighted by molar-refractivity contribution is 6.32. The molecule has 1 fully saturated rings. The standard InChI is InChI=1S/C63H66Cl2N8O24/c1-5-12-93-63(92)73(4)34(13-23(2)3)56(85)71-47-49(79)25-7-10-37(31(64)15-25)94-39-17-27-18-40(54(39)97-62-53(83)52(82)51(81)41(22-74)96-62)95-38-11-8-26(16-32(38)65)50(80)48-60(89)70-46(61(90)91)30-19-28(75)20-36(77)43(30)29-14-24(6-9-35(29)76)44(57(86)72-48)69-58(87)45(27)68-55(84)33(21-42(66)78)67-59(47)88/h5-11,14-20,23,33-34,41,44-53,62,74-77,79-83H,1,12-13,21-22H2,2-4H3,(H2,66,78)(H,67,88)(H,68,84)(H,69,87)(H,70,89)(H,71,85)(H,72,86)(H,90,91)/t33-,34+,41?,44+,45+,46-,47+,48-,49+,50+,51?,52?,53?,62?/m0/s1. The van der Waals surface area contributed by atoms with Gasteiger partial charge in [-0.1, -0.05) is 67.9 Å². The zero-order valence-corrected chi connectivity index (χ0v) is 52.8. The highest BCUT2D eigenvalue weighted by Gasteiger charge is 2.47. The third-order valence-corrected chi connectivity index (χ3v) is 16.7. The Morgan fingerprint density at radius 1 is 0.701 bits per heavy atom. The van der Waals surface area contributed by atoms with Crippen LogP contribution in [-0.2, 0) is 47.8 Å². The number of hydrogen-bond donors (Lipinski definition) is 17. The number of aromatic hydroxyl groups is 3. The SMILES string of the molecule is C=CCOC(=O)N(C)[C@H](CC(C)C)C(=O)N[C@H]1C(=O)N[C@@H](CC(N)=O)C(=O)N[C@H]2C(=O)N[C@H]3C(=O)N[C@H](C(=O)N[C@H](C(=O)O)c4cc(O)cc(O)c4-c4cc3ccc4O)[C@H](O)c3ccc(c(Cl)c3)Oc3cc2cc(c3OC2OC(CO)C(O)C(O)C2O)Oc2ccc(cc2Cl)[C@H]1O. The van der Waals surface area contributed by atoms with Crippen molar-refractivity contribution in [2.45, 2.75) is 112 Å². The molecule has 5 unspecified atom stereocenters. The Hall–Kier alpha value is -10.0. The molecule has 0 radical (unpaired) electrons. The maximum absolute atomic E-state index is 15.9. The number of ether oxygens (including phenoxy) is 5. The first-order valence-electron chi connectivity index (χ1n) is 29.6. The number of amides is 8. The number of aliphatic hydroxyl groups excluding tert-OH is 6. The van der Waals surface area contributed by atoms with E-state index in [1.54, 1.807) is 13.8 Å². The van der Waals surface area contributed by atoms with Crippen molar-refractivity contribution >= 4 is 76.6 Å². The van der Waals surface area contributed by atoms with Gasteiger partial charge in [0.2, 0.25) is 53.4 Å². The molecule has 0 saturated carbocycles. The number of phenols is 3. The van der Waals surface area contributed by atoms with Gasteiger partial charge in [-0.15, -0.1) is 0 Å². The third-order valence-electron chi connectivity index (χ3n) is 16.1. The lowest BCUT2D eigenvalue weighted by atomic mass is 9.89. The highest BCUT2D eigenvalue weighted by atomic mass is 35.5. The summed E-state index contributed by atoms with van der Waals surface area (Å²) in [6.07, 6.45) is -15.3. The van der Waals surface area contributed by atoms with E-state index < -0.39 is 224 Å². The van der Waals surface area contributed by atoms with Gasteiger partial charge in [0.15, 0.2) is 17.5 Å². The molecule has 34 heteroatoms. The van der Waals surface area contributed by atoms with Crippen LogP contribution in [0.25, 0.3) is 11.1 Å². The van der Waals surface area contributed by atoms with Gasteiger partial charge in [0.05, 0.1) is 23.1 Å². The third kappa shape index (κ3) is 15.3. The molecule has 32 nitrogen and oxygen atoms in total. The molecule has 6 aliphatic heterocycles. The first kappa shape index (κ1) is 71.3. The van der Waals surface area contributed by atoms with Gasteiger partial charge in [0, 0.05) is 29.8 Å². The fourth-order valence-electron chi connectivity index (χ4n) is 11.1. The van der Waals surface area contributed by atoms with Crippen LogP contribution in [0.5, 0.6) is 46.0 Å². The van der Waals surface area contributed by atoms with Crippen LogP contribution >= 0.6 is 23.2 Å². The van der Waals surface area contributed by atoms with Crippen molar-refractivity contribution in [2.24, 2.45) is 11.7 Å². The molecular weight excluding hydrogens is 1320 g/mol. The average Bonchev–Trinajstić information content (AvgIpc) is 0.772. The molecule has 18 N–H and O–H groups in total. The van der Waals surface area contributed by atoms with E-state index >= 15 is 14.4 Å². The van der Waals surface area contributed by atoms with Crippen LogP contribution < -0.4 is 51.8 Å². The molecule has 6 aliphatic rings. The molecule has 97 heavy (non-hydrogen) atoms. The van der Waals surface area contributed by atoms with E-state index in [0.717, 1.165) is 83.8 Å². The van der Waals surface area contributed by atoms with Crippen LogP contribution in [-0.4, -0.2) is 185 Å². The summed E-state index contributed by atoms with van der Waals surface area (Å²) in [5.41, 5.74) is 2.70. The van der Waals surface area contributed by atoms with Gasteiger partial charge in [-0.2, -0.15) is 0 Å². The number of carboxylic acids is 1. The van der Waals surface area contributed by atoms with Gasteiger partial charge >= 0.3 is 12.1 Å². The topological polar surface area (TPSA) is 504 Å². The molecule has 6 heterocycles. The molecule has 14 atom stereocenters. The minimum atomic E-state index is -2.36. The maximum atomic E-state index is 15.9. The zero-order valence-electron chi connectivity index (χ0n) is 51.2. The summed E-state index contributed by atoms with van der Waals surface area (Å²) < 4.78 is 30.0. The summed E-state index contributed by atoms with van der Waals surface area (Å²) in [4.78, 5) is 131. The fraction of sp³-hybridized carbons (Fsp3) is 0.349. The summed E-state index contributed by atoms with van der Waals surface area (Å²) in [6.45, 7) is 5.70. The van der Waals surface area contributed by atoms with E-state index in [2.05, 4.69) is 38.5 Å². The number of aliphatic hydroxyl groups is 6. The lowest BCUT2D eigenvalue weighted by Gasteiger charge is -2.39. The van der Waals surface area contributed by atoms with Crippen LogP contribution in [0.15, 0.2) is 91.5 Å². The normalized spacial score (nSPS) is 25.2. The van der Waals surface area contributed by atoms with E-state index in [4.69, 9.17) is 52.6 Å². The molecule has 0 spiro atoms. The number of carbonyl (C=O) groups excluding carboxylic acids is 8. The first-order chi connectivity index (χ1) is 45.9. The summed E-state index contributed by atoms with van der Waals surface area (Å²) in [7, 11) is 1.23.